The predicted molar refractivity (Wildman–Crippen MR) is 159 cm³/mol. The minimum atomic E-state index is -1.83. The molecule has 3 aromatic rings. The fraction of sp³-hybridized carbons (Fsp3) is 0.433. The molecule has 1 aliphatic rings. The van der Waals surface area contributed by atoms with Gasteiger partial charge in [0, 0.05) is 41.5 Å². The van der Waals surface area contributed by atoms with Crippen molar-refractivity contribution in [1.82, 2.24) is 4.90 Å². The maximum atomic E-state index is 11.5. The number of hydrogen-bond donors (Lipinski definition) is 0. The molecule has 0 saturated heterocycles. The Kier molecular flexibility index (Phi) is 8.66. The van der Waals surface area contributed by atoms with Crippen molar-refractivity contribution in [3.63, 3.8) is 0 Å². The minimum Gasteiger partial charge on any atom is -0.466 e. The maximum absolute atomic E-state index is 11.5. The van der Waals surface area contributed by atoms with Gasteiger partial charge < -0.3 is 9.16 Å². The standard InChI is InChI=1S/C30H38ClNO3SSi/c1-30(2,3)37(5,6)35-16-15-32(19-23-20-36-28-13-10-24(31)18-26(23)28)27-12-9-22-17-21(7-11-25(22)27)8-14-29(33)34-4/h7-8,10-11,13-14,17-18,20,27H,9,12,15-16,19H2,1-6H3/b14-8+. The average Bonchev–Trinajstić information content (AvgIpc) is 3.44. The summed E-state index contributed by atoms with van der Waals surface area (Å²) in [4.78, 5) is 14.1. The van der Waals surface area contributed by atoms with Crippen molar-refractivity contribution < 1.29 is 14.0 Å². The first-order chi connectivity index (χ1) is 17.5. The zero-order valence-corrected chi connectivity index (χ0v) is 25.3. The van der Waals surface area contributed by atoms with E-state index >= 15 is 0 Å². The summed E-state index contributed by atoms with van der Waals surface area (Å²) in [5.41, 5.74) is 5.07. The van der Waals surface area contributed by atoms with Gasteiger partial charge in [0.25, 0.3) is 0 Å². The highest BCUT2D eigenvalue weighted by Crippen LogP contribution is 2.40. The molecule has 1 heterocycles. The van der Waals surface area contributed by atoms with Gasteiger partial charge in [-0.1, -0.05) is 50.6 Å². The number of fused-ring (bicyclic) bond motifs is 2. The zero-order chi connectivity index (χ0) is 26.8. The van der Waals surface area contributed by atoms with E-state index < -0.39 is 8.32 Å². The third kappa shape index (κ3) is 6.55. The van der Waals surface area contributed by atoms with Crippen LogP contribution in [0.5, 0.6) is 0 Å². The van der Waals surface area contributed by atoms with Crippen LogP contribution in [-0.4, -0.2) is 39.4 Å². The summed E-state index contributed by atoms with van der Waals surface area (Å²) in [6.07, 6.45) is 5.40. The van der Waals surface area contributed by atoms with Crippen LogP contribution in [-0.2, 0) is 26.9 Å². The van der Waals surface area contributed by atoms with E-state index in [0.717, 1.165) is 43.1 Å². The van der Waals surface area contributed by atoms with Crippen molar-refractivity contribution in [1.29, 1.82) is 0 Å². The number of hydrogen-bond acceptors (Lipinski definition) is 5. The fourth-order valence-electron chi connectivity index (χ4n) is 4.71. The van der Waals surface area contributed by atoms with Crippen LogP contribution in [0.1, 0.15) is 55.5 Å². The molecular weight excluding hydrogens is 518 g/mol. The Morgan fingerprint density at radius 2 is 2.00 bits per heavy atom. The Bertz CT molecular complexity index is 1290. The maximum Gasteiger partial charge on any atom is 0.330 e. The van der Waals surface area contributed by atoms with Crippen LogP contribution in [0.2, 0.25) is 23.2 Å². The first-order valence-electron chi connectivity index (χ1n) is 12.9. The van der Waals surface area contributed by atoms with E-state index in [1.807, 2.05) is 12.1 Å². The lowest BCUT2D eigenvalue weighted by Crippen LogP contribution is -2.43. The number of nitrogens with zero attached hydrogens (tertiary/aromatic N) is 1. The number of carbonyl (C=O) groups is 1. The second-order valence-electron chi connectivity index (χ2n) is 11.3. The van der Waals surface area contributed by atoms with E-state index in [4.69, 9.17) is 20.8 Å². The normalized spacial score (nSPS) is 16.2. The van der Waals surface area contributed by atoms with Crippen molar-refractivity contribution in [2.45, 2.75) is 64.3 Å². The fourth-order valence-corrected chi connectivity index (χ4v) is 6.85. The Morgan fingerprint density at radius 3 is 2.73 bits per heavy atom. The highest BCUT2D eigenvalue weighted by atomic mass is 35.5. The van der Waals surface area contributed by atoms with Gasteiger partial charge in [0.05, 0.1) is 7.11 Å². The van der Waals surface area contributed by atoms with Crippen molar-refractivity contribution >= 4 is 53.4 Å². The number of thiophene rings is 1. The Hall–Kier alpha value is -1.96. The predicted octanol–water partition coefficient (Wildman–Crippen LogP) is 8.25. The summed E-state index contributed by atoms with van der Waals surface area (Å²) in [6.45, 7) is 14.0. The second-order valence-corrected chi connectivity index (χ2v) is 17.5. The molecule has 1 unspecified atom stereocenters. The monoisotopic (exact) mass is 555 g/mol. The number of methoxy groups -OCH3 is 1. The van der Waals surface area contributed by atoms with Crippen LogP contribution in [0.25, 0.3) is 16.2 Å². The van der Waals surface area contributed by atoms with Gasteiger partial charge in [-0.2, -0.15) is 0 Å². The van der Waals surface area contributed by atoms with Crippen LogP contribution in [0.15, 0.2) is 47.9 Å². The summed E-state index contributed by atoms with van der Waals surface area (Å²) < 4.78 is 12.6. The molecule has 0 N–H and O–H groups in total. The number of aryl methyl sites for hydroxylation is 1. The van der Waals surface area contributed by atoms with Crippen LogP contribution >= 0.6 is 22.9 Å². The topological polar surface area (TPSA) is 38.8 Å². The van der Waals surface area contributed by atoms with E-state index in [0.29, 0.717) is 6.04 Å². The largest absolute Gasteiger partial charge is 0.466 e. The molecule has 0 spiro atoms. The highest BCUT2D eigenvalue weighted by Gasteiger charge is 2.37. The number of carbonyl (C=O) groups excluding carboxylic acids is 1. The number of benzene rings is 2. The Balaban J connectivity index is 1.59. The first-order valence-corrected chi connectivity index (χ1v) is 17.1. The number of halogens is 1. The summed E-state index contributed by atoms with van der Waals surface area (Å²) in [7, 11) is -0.433. The number of ether oxygens (including phenoxy) is 1. The van der Waals surface area contributed by atoms with Gasteiger partial charge in [-0.05, 0) is 88.3 Å². The number of rotatable bonds is 9. The van der Waals surface area contributed by atoms with Crippen molar-refractivity contribution in [3.8, 4) is 0 Å². The lowest BCUT2D eigenvalue weighted by Gasteiger charge is -2.37. The van der Waals surface area contributed by atoms with Gasteiger partial charge >= 0.3 is 5.97 Å². The summed E-state index contributed by atoms with van der Waals surface area (Å²) in [6, 6.07) is 13.0. The van der Waals surface area contributed by atoms with Crippen molar-refractivity contribution in [2.75, 3.05) is 20.3 Å². The number of esters is 1. The van der Waals surface area contributed by atoms with Crippen molar-refractivity contribution in [2.24, 2.45) is 0 Å². The third-order valence-corrected chi connectivity index (χ3v) is 13.7. The summed E-state index contributed by atoms with van der Waals surface area (Å²) in [5, 5.41) is 4.49. The van der Waals surface area contributed by atoms with Gasteiger partial charge in [0.2, 0.25) is 0 Å². The molecule has 4 nitrogen and oxygen atoms in total. The van der Waals surface area contributed by atoms with E-state index in [2.05, 4.69) is 74.5 Å². The second kappa shape index (κ2) is 11.4. The van der Waals surface area contributed by atoms with Crippen LogP contribution in [0.3, 0.4) is 0 Å². The van der Waals surface area contributed by atoms with E-state index in [1.54, 1.807) is 11.3 Å². The molecule has 0 radical (unpaired) electrons. The Labute approximate surface area is 231 Å². The molecule has 0 saturated carbocycles. The van der Waals surface area contributed by atoms with E-state index in [1.165, 1.54) is 40.0 Å². The molecule has 37 heavy (non-hydrogen) atoms. The van der Waals surface area contributed by atoms with Crippen LogP contribution in [0.4, 0.5) is 0 Å². The molecule has 0 aliphatic heterocycles. The van der Waals surface area contributed by atoms with Crippen LogP contribution in [0, 0.1) is 0 Å². The third-order valence-electron chi connectivity index (χ3n) is 7.90. The van der Waals surface area contributed by atoms with E-state index in [9.17, 15) is 4.79 Å². The molecule has 7 heteroatoms. The molecular formula is C30H38ClNO3SSi. The molecule has 1 aromatic heterocycles. The zero-order valence-electron chi connectivity index (χ0n) is 22.8. The summed E-state index contributed by atoms with van der Waals surface area (Å²) >= 11 is 8.15. The Morgan fingerprint density at radius 1 is 1.22 bits per heavy atom. The summed E-state index contributed by atoms with van der Waals surface area (Å²) in [5.74, 6) is -0.339. The molecule has 1 aliphatic carbocycles. The van der Waals surface area contributed by atoms with Crippen LogP contribution < -0.4 is 0 Å². The van der Waals surface area contributed by atoms with E-state index in [-0.39, 0.29) is 11.0 Å². The smallest absolute Gasteiger partial charge is 0.330 e. The SMILES string of the molecule is COC(=O)/C=C/c1ccc2c(c1)CCC2N(CCO[Si](C)(C)C(C)(C)C)Cc1csc2ccc(Cl)cc12. The van der Waals surface area contributed by atoms with Gasteiger partial charge in [-0.3, -0.25) is 4.90 Å². The molecule has 1 atom stereocenters. The van der Waals surface area contributed by atoms with Gasteiger partial charge in [0.15, 0.2) is 8.32 Å². The van der Waals surface area contributed by atoms with Gasteiger partial charge in [-0.15, -0.1) is 11.3 Å². The lowest BCUT2D eigenvalue weighted by atomic mass is 10.0. The first kappa shape index (κ1) is 28.1. The van der Waals surface area contributed by atoms with Gasteiger partial charge in [0.1, 0.15) is 0 Å². The highest BCUT2D eigenvalue weighted by molar-refractivity contribution is 7.17. The molecule has 0 fully saturated rings. The quantitative estimate of drug-likeness (QED) is 0.151. The molecule has 2 aromatic carbocycles. The lowest BCUT2D eigenvalue weighted by molar-refractivity contribution is -0.134. The molecule has 4 rings (SSSR count). The minimum absolute atomic E-state index is 0.187. The molecule has 0 amide bonds. The van der Waals surface area contributed by atoms with Gasteiger partial charge in [-0.25, -0.2) is 4.79 Å². The van der Waals surface area contributed by atoms with Crippen molar-refractivity contribution in [3.05, 3.63) is 75.1 Å². The molecule has 0 bridgehead atoms. The molecule has 198 valence electrons. The average molecular weight is 556 g/mol.